The number of hydrogen-bond acceptors (Lipinski definition) is 0. The van der Waals surface area contributed by atoms with Crippen molar-refractivity contribution in [3.63, 3.8) is 0 Å². The van der Waals surface area contributed by atoms with Crippen LogP contribution in [0.5, 0.6) is 0 Å². The van der Waals surface area contributed by atoms with Crippen molar-refractivity contribution >= 4 is 9.52 Å². The van der Waals surface area contributed by atoms with Gasteiger partial charge in [-0.1, -0.05) is 104 Å². The average Bonchev–Trinajstić information content (AvgIpc) is 2.46. The molecule has 1 heteroatoms. The van der Waals surface area contributed by atoms with Crippen LogP contribution in [0, 0.1) is 0 Å². The van der Waals surface area contributed by atoms with Gasteiger partial charge in [0.1, 0.15) is 0 Å². The van der Waals surface area contributed by atoms with Crippen LogP contribution in [0.25, 0.3) is 0 Å². The molecule has 0 aromatic carbocycles. The molecule has 0 saturated heterocycles. The van der Waals surface area contributed by atoms with Crippen LogP contribution >= 0.6 is 0 Å². The van der Waals surface area contributed by atoms with Gasteiger partial charge in [-0.3, -0.25) is 0 Å². The molecule has 0 amide bonds. The Bertz CT molecular complexity index is 172. The van der Waals surface area contributed by atoms with Gasteiger partial charge in [0.2, 0.25) is 0 Å². The zero-order chi connectivity index (χ0) is 14.9. The minimum absolute atomic E-state index is 0.949. The van der Waals surface area contributed by atoms with Gasteiger partial charge in [0, 0.05) is 0 Å². The minimum atomic E-state index is 0.949. The highest BCUT2D eigenvalue weighted by molar-refractivity contribution is 6.43. The first-order valence-electron chi connectivity index (χ1n) is 9.22. The largest absolute Gasteiger partial charge is 0.107 e. The molecule has 2 radical (unpaired) electrons. The van der Waals surface area contributed by atoms with E-state index >= 15 is 0 Å². The zero-order valence-corrected chi connectivity index (χ0v) is 15.3. The second-order valence-corrected chi connectivity index (χ2v) is 7.74. The first-order chi connectivity index (χ1) is 9.85. The molecule has 0 aliphatic heterocycles. The highest BCUT2D eigenvalue weighted by Gasteiger charge is 2.07. The molecule has 118 valence electrons. The second kappa shape index (κ2) is 17.0. The molecule has 0 aliphatic carbocycles. The van der Waals surface area contributed by atoms with E-state index in [0.717, 1.165) is 15.1 Å². The van der Waals surface area contributed by atoms with Crippen LogP contribution in [-0.2, 0) is 0 Å². The fourth-order valence-electron chi connectivity index (χ4n) is 2.82. The predicted molar refractivity (Wildman–Crippen MR) is 95.7 cm³/mol. The third kappa shape index (κ3) is 14.4. The van der Waals surface area contributed by atoms with E-state index in [1.807, 2.05) is 0 Å². The fraction of sp³-hybridized carbons (Fsp3) is 0.895. The Labute approximate surface area is 131 Å². The Morgan fingerprint density at radius 3 is 1.50 bits per heavy atom. The highest BCUT2D eigenvalue weighted by atomic mass is 28.2. The molecule has 0 saturated carbocycles. The van der Waals surface area contributed by atoms with Crippen molar-refractivity contribution in [1.82, 2.24) is 0 Å². The summed E-state index contributed by atoms with van der Waals surface area (Å²) in [5.41, 5.74) is 3.11. The number of rotatable bonds is 16. The van der Waals surface area contributed by atoms with E-state index < -0.39 is 0 Å². The van der Waals surface area contributed by atoms with Gasteiger partial charge in [-0.05, 0) is 5.54 Å². The molecule has 20 heavy (non-hydrogen) atoms. The maximum Gasteiger partial charge on any atom is 0.0729 e. The molecule has 0 aromatic rings. The van der Waals surface area contributed by atoms with Crippen LogP contribution in [0.1, 0.15) is 104 Å². The van der Waals surface area contributed by atoms with Crippen LogP contribution in [-0.4, -0.2) is 9.52 Å². The molecule has 0 nitrogen and oxygen atoms in total. The third-order valence-electron chi connectivity index (χ3n) is 4.17. The van der Waals surface area contributed by atoms with Gasteiger partial charge < -0.3 is 0 Å². The van der Waals surface area contributed by atoms with E-state index in [1.54, 1.807) is 0 Å². The smallest absolute Gasteiger partial charge is 0.0729 e. The van der Waals surface area contributed by atoms with Gasteiger partial charge in [0.25, 0.3) is 0 Å². The molecule has 0 fully saturated rings. The quantitative estimate of drug-likeness (QED) is 0.210. The molecule has 0 unspecified atom stereocenters. The molecule has 0 atom stereocenters. The summed E-state index contributed by atoms with van der Waals surface area (Å²) >= 11 is 0. The molecular weight excluding hydrogens is 256 g/mol. The van der Waals surface area contributed by atoms with Crippen molar-refractivity contribution in [1.29, 1.82) is 0 Å². The van der Waals surface area contributed by atoms with Gasteiger partial charge in [-0.15, -0.1) is 12.3 Å². The highest BCUT2D eigenvalue weighted by Crippen LogP contribution is 2.23. The summed E-state index contributed by atoms with van der Waals surface area (Å²) in [6.45, 7) is 8.54. The summed E-state index contributed by atoms with van der Waals surface area (Å²) in [7, 11) is 0.994. The van der Waals surface area contributed by atoms with Crippen LogP contribution in [0.3, 0.4) is 0 Å². The van der Waals surface area contributed by atoms with Crippen molar-refractivity contribution < 1.29 is 0 Å². The molecule has 0 spiro atoms. The summed E-state index contributed by atoms with van der Waals surface area (Å²) < 4.78 is 0. The van der Waals surface area contributed by atoms with Crippen molar-refractivity contribution in [2.24, 2.45) is 0 Å². The summed E-state index contributed by atoms with van der Waals surface area (Å²) in [4.78, 5) is 0. The van der Waals surface area contributed by atoms with Crippen molar-refractivity contribution in [2.75, 3.05) is 0 Å². The summed E-state index contributed by atoms with van der Waals surface area (Å²) in [5, 5.41) is 0. The molecule has 0 aliphatic rings. The standard InChI is InChI=1S/C19H38Si/c1-4-7-9-11-13-15-17-19(20-6-3)18-16-14-12-10-8-5-2/h6,19H,3-5,7-18H2,1-2H3. The fourth-order valence-corrected chi connectivity index (χ4v) is 3.89. The van der Waals surface area contributed by atoms with Crippen LogP contribution in [0.15, 0.2) is 12.3 Å². The Balaban J connectivity index is 3.47. The molecule has 0 N–H and O–H groups in total. The van der Waals surface area contributed by atoms with Gasteiger partial charge >= 0.3 is 0 Å². The molecule has 0 heterocycles. The molecule has 0 bridgehead atoms. The maximum absolute atomic E-state index is 3.95. The molecular formula is C19H38Si. The third-order valence-corrected chi connectivity index (χ3v) is 5.45. The Kier molecular flexibility index (Phi) is 17.0. The molecule has 0 aromatic heterocycles. The lowest BCUT2D eigenvalue weighted by atomic mass is 10.0. The number of hydrogen-bond donors (Lipinski definition) is 0. The molecule has 0 rings (SSSR count). The Morgan fingerprint density at radius 1 is 0.700 bits per heavy atom. The zero-order valence-electron chi connectivity index (χ0n) is 14.3. The second-order valence-electron chi connectivity index (χ2n) is 6.18. The maximum atomic E-state index is 3.95. The lowest BCUT2D eigenvalue weighted by Crippen LogP contribution is -2.02. The summed E-state index contributed by atoms with van der Waals surface area (Å²) in [5.74, 6) is 0. The average molecular weight is 295 g/mol. The van der Waals surface area contributed by atoms with E-state index in [1.165, 1.54) is 89.9 Å². The SMILES string of the molecule is C=C[Si]C(CCCCCCCC)CCCCCCCC. The van der Waals surface area contributed by atoms with Gasteiger partial charge in [-0.25, -0.2) is 0 Å². The Hall–Kier alpha value is -0.0431. The van der Waals surface area contributed by atoms with Crippen molar-refractivity contribution in [3.8, 4) is 0 Å². The van der Waals surface area contributed by atoms with Crippen LogP contribution in [0.2, 0.25) is 5.54 Å². The van der Waals surface area contributed by atoms with Gasteiger partial charge in [-0.2, -0.15) is 0 Å². The number of unbranched alkanes of at least 4 members (excludes halogenated alkanes) is 10. The Morgan fingerprint density at radius 2 is 1.10 bits per heavy atom. The topological polar surface area (TPSA) is 0 Å². The van der Waals surface area contributed by atoms with Crippen molar-refractivity contribution in [2.45, 2.75) is 109 Å². The lowest BCUT2D eigenvalue weighted by molar-refractivity contribution is 0.533. The van der Waals surface area contributed by atoms with E-state index in [9.17, 15) is 0 Å². The van der Waals surface area contributed by atoms with Gasteiger partial charge in [0.15, 0.2) is 0 Å². The van der Waals surface area contributed by atoms with E-state index in [0.29, 0.717) is 0 Å². The minimum Gasteiger partial charge on any atom is -0.107 e. The van der Waals surface area contributed by atoms with Crippen LogP contribution < -0.4 is 0 Å². The predicted octanol–water partition coefficient (Wildman–Crippen LogP) is 7.12. The first-order valence-corrected chi connectivity index (χ1v) is 10.4. The van der Waals surface area contributed by atoms with Crippen molar-refractivity contribution in [3.05, 3.63) is 12.3 Å². The van der Waals surface area contributed by atoms with E-state index in [2.05, 4.69) is 26.1 Å². The summed E-state index contributed by atoms with van der Waals surface area (Å²) in [6.07, 6.45) is 20.1. The van der Waals surface area contributed by atoms with E-state index in [4.69, 9.17) is 0 Å². The normalized spacial score (nSPS) is 11.2. The van der Waals surface area contributed by atoms with E-state index in [-0.39, 0.29) is 0 Å². The summed E-state index contributed by atoms with van der Waals surface area (Å²) in [6, 6.07) is 0. The van der Waals surface area contributed by atoms with Crippen LogP contribution in [0.4, 0.5) is 0 Å². The monoisotopic (exact) mass is 294 g/mol. The lowest BCUT2D eigenvalue weighted by Gasteiger charge is -2.14. The first kappa shape index (κ1) is 20.0. The van der Waals surface area contributed by atoms with Gasteiger partial charge in [0.05, 0.1) is 9.52 Å².